The summed E-state index contributed by atoms with van der Waals surface area (Å²) in [6.45, 7) is 7.75. The lowest BCUT2D eigenvalue weighted by Crippen LogP contribution is -2.49. The zero-order valence-corrected chi connectivity index (χ0v) is 22.3. The Hall–Kier alpha value is -3.07. The lowest BCUT2D eigenvalue weighted by Gasteiger charge is -2.30. The van der Waals surface area contributed by atoms with Crippen LogP contribution < -0.4 is 14.4 Å². The number of anilines is 1. The molecule has 9 heteroatoms. The minimum atomic E-state index is -3.52. The number of ether oxygens (including phenoxy) is 1. The van der Waals surface area contributed by atoms with Crippen LogP contribution >= 0.6 is 0 Å². The van der Waals surface area contributed by atoms with E-state index in [1.54, 1.807) is 32.2 Å². The lowest BCUT2D eigenvalue weighted by molar-refractivity contribution is -0.140. The summed E-state index contributed by atoms with van der Waals surface area (Å²) >= 11 is 0. The lowest BCUT2D eigenvalue weighted by atomic mass is 10.1. The minimum Gasteiger partial charge on any atom is -0.497 e. The van der Waals surface area contributed by atoms with Crippen LogP contribution in [0.5, 0.6) is 5.75 Å². The van der Waals surface area contributed by atoms with Gasteiger partial charge in [-0.1, -0.05) is 24.3 Å². The molecule has 0 spiro atoms. The van der Waals surface area contributed by atoms with E-state index in [0.29, 0.717) is 17.9 Å². The molecule has 1 atom stereocenters. The maximum Gasteiger partial charge on any atom is 0.242 e. The van der Waals surface area contributed by atoms with Gasteiger partial charge in [-0.15, -0.1) is 0 Å². The SMILES string of the molecule is COc1ccc(CN(C(=O)CCCN(c2cccc(C)c2)S(C)(=O)=O)[C@H](C)C(=O)NC(C)C)cc1. The van der Waals surface area contributed by atoms with E-state index in [0.717, 1.165) is 17.4 Å². The van der Waals surface area contributed by atoms with Crippen LogP contribution in [0, 0.1) is 6.92 Å². The number of benzene rings is 2. The molecule has 0 aliphatic rings. The second kappa shape index (κ2) is 12.6. The Labute approximate surface area is 209 Å². The van der Waals surface area contributed by atoms with Gasteiger partial charge in [-0.05, 0) is 69.5 Å². The molecule has 2 aromatic carbocycles. The van der Waals surface area contributed by atoms with Gasteiger partial charge >= 0.3 is 0 Å². The van der Waals surface area contributed by atoms with Crippen molar-refractivity contribution < 1.29 is 22.7 Å². The summed E-state index contributed by atoms with van der Waals surface area (Å²) in [6.07, 6.45) is 1.58. The highest BCUT2D eigenvalue weighted by Gasteiger charge is 2.27. The van der Waals surface area contributed by atoms with Crippen LogP contribution in [-0.2, 0) is 26.2 Å². The van der Waals surface area contributed by atoms with E-state index < -0.39 is 16.1 Å². The van der Waals surface area contributed by atoms with Crippen LogP contribution in [0.25, 0.3) is 0 Å². The van der Waals surface area contributed by atoms with Gasteiger partial charge in [-0.25, -0.2) is 8.42 Å². The first-order valence-corrected chi connectivity index (χ1v) is 13.5. The maximum atomic E-state index is 13.3. The van der Waals surface area contributed by atoms with Crippen molar-refractivity contribution in [1.29, 1.82) is 0 Å². The molecular formula is C26H37N3O5S. The van der Waals surface area contributed by atoms with Gasteiger partial charge in [-0.2, -0.15) is 0 Å². The number of carbonyl (C=O) groups excluding carboxylic acids is 2. The van der Waals surface area contributed by atoms with Crippen molar-refractivity contribution in [2.75, 3.05) is 24.2 Å². The number of sulfonamides is 1. The van der Waals surface area contributed by atoms with Gasteiger partial charge < -0.3 is 15.0 Å². The van der Waals surface area contributed by atoms with Crippen LogP contribution in [-0.4, -0.2) is 57.1 Å². The standard InChI is InChI=1S/C26H37N3O5S/c1-19(2)27-26(31)21(4)28(18-22-12-14-24(34-5)15-13-22)25(30)11-8-16-29(35(6,32)33)23-10-7-9-20(3)17-23/h7,9-10,12-15,17,19,21H,8,11,16,18H2,1-6H3,(H,27,31)/t21-/m1/s1. The largest absolute Gasteiger partial charge is 0.497 e. The molecule has 192 valence electrons. The number of hydrogen-bond donors (Lipinski definition) is 1. The van der Waals surface area contributed by atoms with E-state index in [1.165, 1.54) is 9.21 Å². The monoisotopic (exact) mass is 503 g/mol. The number of rotatable bonds is 12. The van der Waals surface area contributed by atoms with Gasteiger partial charge in [0.1, 0.15) is 11.8 Å². The molecule has 1 N–H and O–H groups in total. The van der Waals surface area contributed by atoms with E-state index in [-0.39, 0.29) is 37.4 Å². The normalized spacial score (nSPS) is 12.2. The van der Waals surface area contributed by atoms with Crippen molar-refractivity contribution in [2.24, 2.45) is 0 Å². The molecule has 0 aromatic heterocycles. The van der Waals surface area contributed by atoms with E-state index >= 15 is 0 Å². The highest BCUT2D eigenvalue weighted by atomic mass is 32.2. The molecule has 0 radical (unpaired) electrons. The van der Waals surface area contributed by atoms with Crippen molar-refractivity contribution in [3.8, 4) is 5.75 Å². The Morgan fingerprint density at radius 2 is 1.71 bits per heavy atom. The van der Waals surface area contributed by atoms with Gasteiger partial charge in [0.15, 0.2) is 0 Å². The Balaban J connectivity index is 2.17. The van der Waals surface area contributed by atoms with E-state index in [9.17, 15) is 18.0 Å². The smallest absolute Gasteiger partial charge is 0.242 e. The Morgan fingerprint density at radius 1 is 1.06 bits per heavy atom. The fraction of sp³-hybridized carbons (Fsp3) is 0.462. The number of hydrogen-bond acceptors (Lipinski definition) is 5. The van der Waals surface area contributed by atoms with Crippen molar-refractivity contribution in [2.45, 2.75) is 59.2 Å². The van der Waals surface area contributed by atoms with Crippen LogP contribution in [0.2, 0.25) is 0 Å². The number of nitrogens with zero attached hydrogens (tertiary/aromatic N) is 2. The van der Waals surface area contributed by atoms with E-state index in [1.807, 2.05) is 51.1 Å². The Bertz CT molecular complexity index is 1100. The average molecular weight is 504 g/mol. The first-order valence-electron chi connectivity index (χ1n) is 11.7. The van der Waals surface area contributed by atoms with Crippen LogP contribution in [0.1, 0.15) is 44.7 Å². The van der Waals surface area contributed by atoms with E-state index in [2.05, 4.69) is 5.32 Å². The maximum absolute atomic E-state index is 13.3. The second-order valence-electron chi connectivity index (χ2n) is 8.99. The summed E-state index contributed by atoms with van der Waals surface area (Å²) in [5.74, 6) is 0.249. The van der Waals surface area contributed by atoms with Crippen molar-refractivity contribution >= 4 is 27.5 Å². The quantitative estimate of drug-likeness (QED) is 0.478. The molecule has 0 saturated heterocycles. The topological polar surface area (TPSA) is 96.0 Å². The Kier molecular flexibility index (Phi) is 10.1. The molecule has 35 heavy (non-hydrogen) atoms. The molecular weight excluding hydrogens is 466 g/mol. The van der Waals surface area contributed by atoms with Gasteiger partial charge in [0, 0.05) is 25.6 Å². The Morgan fingerprint density at radius 3 is 2.26 bits per heavy atom. The van der Waals surface area contributed by atoms with Crippen molar-refractivity contribution in [1.82, 2.24) is 10.2 Å². The summed E-state index contributed by atoms with van der Waals surface area (Å²) < 4.78 is 31.3. The number of aryl methyl sites for hydroxylation is 1. The number of carbonyl (C=O) groups is 2. The molecule has 0 fully saturated rings. The molecule has 0 aliphatic heterocycles. The minimum absolute atomic E-state index is 0.0551. The predicted molar refractivity (Wildman–Crippen MR) is 139 cm³/mol. The molecule has 2 rings (SSSR count). The highest BCUT2D eigenvalue weighted by molar-refractivity contribution is 7.92. The number of nitrogens with one attached hydrogen (secondary N) is 1. The van der Waals surface area contributed by atoms with E-state index in [4.69, 9.17) is 4.74 Å². The average Bonchev–Trinajstić information content (AvgIpc) is 2.78. The summed E-state index contributed by atoms with van der Waals surface area (Å²) in [5, 5.41) is 2.86. The van der Waals surface area contributed by atoms with Gasteiger partial charge in [0.25, 0.3) is 0 Å². The zero-order chi connectivity index (χ0) is 26.2. The summed E-state index contributed by atoms with van der Waals surface area (Å²) in [5.41, 5.74) is 2.38. The third-order valence-electron chi connectivity index (χ3n) is 5.55. The molecule has 0 bridgehead atoms. The second-order valence-corrected chi connectivity index (χ2v) is 10.9. The summed E-state index contributed by atoms with van der Waals surface area (Å²) in [6, 6.07) is 13.8. The third-order valence-corrected chi connectivity index (χ3v) is 6.75. The highest BCUT2D eigenvalue weighted by Crippen LogP contribution is 2.21. The molecule has 2 aromatic rings. The molecule has 0 saturated carbocycles. The number of amides is 2. The van der Waals surface area contributed by atoms with Crippen LogP contribution in [0.15, 0.2) is 48.5 Å². The molecule has 0 aliphatic carbocycles. The van der Waals surface area contributed by atoms with Crippen molar-refractivity contribution in [3.05, 3.63) is 59.7 Å². The predicted octanol–water partition coefficient (Wildman–Crippen LogP) is 3.49. The third kappa shape index (κ3) is 8.58. The fourth-order valence-electron chi connectivity index (χ4n) is 3.70. The van der Waals surface area contributed by atoms with Crippen LogP contribution in [0.4, 0.5) is 5.69 Å². The fourth-order valence-corrected chi connectivity index (χ4v) is 4.66. The van der Waals surface area contributed by atoms with Gasteiger partial charge in [0.2, 0.25) is 21.8 Å². The van der Waals surface area contributed by atoms with Crippen LogP contribution in [0.3, 0.4) is 0 Å². The molecule has 0 heterocycles. The molecule has 2 amide bonds. The van der Waals surface area contributed by atoms with Gasteiger partial charge in [0.05, 0.1) is 19.1 Å². The summed E-state index contributed by atoms with van der Waals surface area (Å²) in [7, 11) is -1.94. The number of methoxy groups -OCH3 is 1. The first-order chi connectivity index (χ1) is 16.4. The summed E-state index contributed by atoms with van der Waals surface area (Å²) in [4.78, 5) is 27.5. The van der Waals surface area contributed by atoms with Crippen molar-refractivity contribution in [3.63, 3.8) is 0 Å². The first kappa shape index (κ1) is 28.2. The van der Waals surface area contributed by atoms with Gasteiger partial charge in [-0.3, -0.25) is 13.9 Å². The zero-order valence-electron chi connectivity index (χ0n) is 21.4. The molecule has 8 nitrogen and oxygen atoms in total. The molecule has 0 unspecified atom stereocenters.